The summed E-state index contributed by atoms with van der Waals surface area (Å²) in [6.45, 7) is 2.49. The number of phenols is 1. The van der Waals surface area contributed by atoms with E-state index in [9.17, 15) is 24.5 Å². The first kappa shape index (κ1) is 17.1. The Bertz CT molecular complexity index is 640. The lowest BCUT2D eigenvalue weighted by Gasteiger charge is -2.51. The Balaban J connectivity index is 1.73. The lowest BCUT2D eigenvalue weighted by molar-refractivity contribution is -0.244. The van der Waals surface area contributed by atoms with E-state index in [-0.39, 0.29) is 24.4 Å². The van der Waals surface area contributed by atoms with Gasteiger partial charge in [-0.3, -0.25) is 4.79 Å². The number of aliphatic hydroxyl groups excluding tert-OH is 1. The Hall–Kier alpha value is -1.70. The van der Waals surface area contributed by atoms with E-state index in [0.29, 0.717) is 25.9 Å². The molecule has 2 heterocycles. The number of rotatable bonds is 1. The van der Waals surface area contributed by atoms with Crippen molar-refractivity contribution in [2.75, 3.05) is 19.7 Å². The van der Waals surface area contributed by atoms with Crippen LogP contribution >= 0.6 is 0 Å². The number of hydrogen-bond acceptors (Lipinski definition) is 5. The maximum absolute atomic E-state index is 13.8. The van der Waals surface area contributed by atoms with E-state index < -0.39 is 29.0 Å². The van der Waals surface area contributed by atoms with Gasteiger partial charge in [0.1, 0.15) is 23.3 Å². The second-order valence-electron chi connectivity index (χ2n) is 6.88. The topological polar surface area (TPSA) is 90.2 Å². The Kier molecular flexibility index (Phi) is 4.27. The third kappa shape index (κ3) is 2.87. The van der Waals surface area contributed by atoms with E-state index in [0.717, 1.165) is 12.1 Å². The number of hydrogen-bond donors (Lipinski definition) is 3. The van der Waals surface area contributed by atoms with E-state index in [2.05, 4.69) is 0 Å². The number of aromatic hydroxyl groups is 1. The van der Waals surface area contributed by atoms with Crippen molar-refractivity contribution in [3.63, 3.8) is 0 Å². The van der Waals surface area contributed by atoms with Crippen molar-refractivity contribution in [2.24, 2.45) is 0 Å². The van der Waals surface area contributed by atoms with Crippen LogP contribution in [0.4, 0.5) is 4.39 Å². The van der Waals surface area contributed by atoms with Crippen LogP contribution in [0.15, 0.2) is 18.2 Å². The summed E-state index contributed by atoms with van der Waals surface area (Å²) in [5, 5.41) is 30.2. The van der Waals surface area contributed by atoms with Gasteiger partial charge in [0.2, 0.25) is 0 Å². The molecule has 1 unspecified atom stereocenters. The van der Waals surface area contributed by atoms with Gasteiger partial charge in [0, 0.05) is 19.5 Å². The van der Waals surface area contributed by atoms with Gasteiger partial charge in [0.15, 0.2) is 0 Å². The van der Waals surface area contributed by atoms with E-state index in [1.165, 1.54) is 11.0 Å². The zero-order valence-corrected chi connectivity index (χ0v) is 13.5. The molecule has 3 rings (SSSR count). The zero-order chi connectivity index (χ0) is 17.5. The SMILES string of the molecule is C[C@@]1(O)CCOC2(CCN(C(=O)c3cc(O)ccc3F)CC2)C1O. The normalized spacial score (nSPS) is 29.7. The van der Waals surface area contributed by atoms with Crippen LogP contribution in [-0.2, 0) is 4.74 Å². The highest BCUT2D eigenvalue weighted by molar-refractivity contribution is 5.95. The van der Waals surface area contributed by atoms with E-state index in [4.69, 9.17) is 4.74 Å². The first-order valence-corrected chi connectivity index (χ1v) is 8.07. The fourth-order valence-electron chi connectivity index (χ4n) is 3.60. The summed E-state index contributed by atoms with van der Waals surface area (Å²) in [5.41, 5.74) is -2.28. The molecule has 2 aliphatic heterocycles. The maximum atomic E-state index is 13.8. The predicted molar refractivity (Wildman–Crippen MR) is 83.1 cm³/mol. The molecule has 0 saturated carbocycles. The number of carbonyl (C=O) groups excluding carboxylic acids is 1. The largest absolute Gasteiger partial charge is 0.508 e. The third-order valence-electron chi connectivity index (χ3n) is 5.16. The minimum atomic E-state index is -1.22. The molecule has 0 aromatic heterocycles. The Morgan fingerprint density at radius 2 is 2.00 bits per heavy atom. The van der Waals surface area contributed by atoms with E-state index in [1.54, 1.807) is 6.92 Å². The lowest BCUT2D eigenvalue weighted by Crippen LogP contribution is -2.64. The van der Waals surface area contributed by atoms with Gasteiger partial charge in [-0.2, -0.15) is 0 Å². The molecule has 0 radical (unpaired) electrons. The Morgan fingerprint density at radius 3 is 2.67 bits per heavy atom. The molecule has 2 aliphatic rings. The number of carbonyl (C=O) groups is 1. The van der Waals surface area contributed by atoms with Crippen molar-refractivity contribution in [1.82, 2.24) is 4.90 Å². The first-order chi connectivity index (χ1) is 11.3. The second-order valence-corrected chi connectivity index (χ2v) is 6.88. The minimum absolute atomic E-state index is 0.171. The summed E-state index contributed by atoms with van der Waals surface area (Å²) in [6, 6.07) is 3.35. The molecule has 1 amide bonds. The van der Waals surface area contributed by atoms with Gasteiger partial charge >= 0.3 is 0 Å². The summed E-state index contributed by atoms with van der Waals surface area (Å²) in [5.74, 6) is -1.36. The number of piperidine rings is 1. The molecule has 1 aromatic rings. The second kappa shape index (κ2) is 5.98. The summed E-state index contributed by atoms with van der Waals surface area (Å²) >= 11 is 0. The molecule has 7 heteroatoms. The number of benzene rings is 1. The van der Waals surface area contributed by atoms with Gasteiger partial charge in [0.05, 0.1) is 17.8 Å². The fourth-order valence-corrected chi connectivity index (χ4v) is 3.60. The molecular weight excluding hydrogens is 317 g/mol. The average Bonchev–Trinajstić information content (AvgIpc) is 2.55. The molecule has 1 spiro atoms. The van der Waals surface area contributed by atoms with Crippen LogP contribution in [0, 0.1) is 5.82 Å². The first-order valence-electron chi connectivity index (χ1n) is 8.07. The van der Waals surface area contributed by atoms with Crippen LogP contribution in [0.25, 0.3) is 0 Å². The molecule has 132 valence electrons. The fraction of sp³-hybridized carbons (Fsp3) is 0.588. The highest BCUT2D eigenvalue weighted by Gasteiger charge is 2.53. The molecule has 2 fully saturated rings. The summed E-state index contributed by atoms with van der Waals surface area (Å²) in [7, 11) is 0. The molecule has 3 N–H and O–H groups in total. The lowest BCUT2D eigenvalue weighted by atomic mass is 9.75. The van der Waals surface area contributed by atoms with Crippen LogP contribution in [-0.4, -0.2) is 63.1 Å². The van der Waals surface area contributed by atoms with Crippen LogP contribution in [0.5, 0.6) is 5.75 Å². The molecule has 0 aliphatic carbocycles. The highest BCUT2D eigenvalue weighted by atomic mass is 19.1. The van der Waals surface area contributed by atoms with Crippen molar-refractivity contribution in [2.45, 2.75) is 43.5 Å². The number of halogens is 1. The van der Waals surface area contributed by atoms with Crippen molar-refractivity contribution < 1.29 is 29.2 Å². The minimum Gasteiger partial charge on any atom is -0.508 e. The number of likely N-dealkylation sites (tertiary alicyclic amines) is 1. The molecule has 2 saturated heterocycles. The van der Waals surface area contributed by atoms with Crippen molar-refractivity contribution in [1.29, 1.82) is 0 Å². The van der Waals surface area contributed by atoms with Crippen LogP contribution in [0.2, 0.25) is 0 Å². The molecule has 24 heavy (non-hydrogen) atoms. The number of nitrogens with zero attached hydrogens (tertiary/aromatic N) is 1. The predicted octanol–water partition coefficient (Wildman–Crippen LogP) is 1.04. The van der Waals surface area contributed by atoms with Gasteiger partial charge in [-0.05, 0) is 38.0 Å². The van der Waals surface area contributed by atoms with Crippen LogP contribution in [0.3, 0.4) is 0 Å². The highest BCUT2D eigenvalue weighted by Crippen LogP contribution is 2.40. The van der Waals surface area contributed by atoms with Crippen LogP contribution < -0.4 is 0 Å². The van der Waals surface area contributed by atoms with Crippen LogP contribution in [0.1, 0.15) is 36.5 Å². The van der Waals surface area contributed by atoms with Gasteiger partial charge in [0.25, 0.3) is 5.91 Å². The van der Waals surface area contributed by atoms with E-state index in [1.807, 2.05) is 0 Å². The smallest absolute Gasteiger partial charge is 0.256 e. The van der Waals surface area contributed by atoms with Gasteiger partial charge < -0.3 is 25.0 Å². The quantitative estimate of drug-likeness (QED) is 0.711. The number of amides is 1. The monoisotopic (exact) mass is 339 g/mol. The standard InChI is InChI=1S/C17H22FNO5/c1-16(23)6-9-24-17(15(16)22)4-7-19(8-5-17)14(21)12-10-11(20)2-3-13(12)18/h2-3,10,15,20,22-23H,4-9H2,1H3/t15?,16-/m1/s1. The molecule has 6 nitrogen and oxygen atoms in total. The summed E-state index contributed by atoms with van der Waals surface area (Å²) < 4.78 is 19.6. The van der Waals surface area contributed by atoms with Gasteiger partial charge in [-0.25, -0.2) is 4.39 Å². The molecular formula is C17H22FNO5. The summed E-state index contributed by atoms with van der Waals surface area (Å²) in [6.07, 6.45) is 0.0357. The Labute approximate surface area is 139 Å². The summed E-state index contributed by atoms with van der Waals surface area (Å²) in [4.78, 5) is 13.9. The van der Waals surface area contributed by atoms with Crippen molar-refractivity contribution in [3.8, 4) is 5.75 Å². The zero-order valence-electron chi connectivity index (χ0n) is 13.5. The number of ether oxygens (including phenoxy) is 1. The Morgan fingerprint density at radius 1 is 1.33 bits per heavy atom. The molecule has 2 atom stereocenters. The number of phenolic OH excluding ortho intramolecular Hbond substituents is 1. The molecule has 0 bridgehead atoms. The maximum Gasteiger partial charge on any atom is 0.256 e. The average molecular weight is 339 g/mol. The molecule has 1 aromatic carbocycles. The van der Waals surface area contributed by atoms with Gasteiger partial charge in [-0.15, -0.1) is 0 Å². The number of aliphatic hydroxyl groups is 2. The van der Waals surface area contributed by atoms with E-state index >= 15 is 0 Å². The van der Waals surface area contributed by atoms with Gasteiger partial charge in [-0.1, -0.05) is 0 Å². The van der Waals surface area contributed by atoms with Crippen molar-refractivity contribution in [3.05, 3.63) is 29.6 Å². The van der Waals surface area contributed by atoms with Crippen molar-refractivity contribution >= 4 is 5.91 Å². The third-order valence-corrected chi connectivity index (χ3v) is 5.16.